The molecule has 1 saturated carbocycles. The molecule has 16 heavy (non-hydrogen) atoms. The Bertz CT molecular complexity index is 327. The summed E-state index contributed by atoms with van der Waals surface area (Å²) in [4.78, 5) is 14.8. The van der Waals surface area contributed by atoms with Gasteiger partial charge in [0.2, 0.25) is 5.91 Å². The average molecular weight is 222 g/mol. The van der Waals surface area contributed by atoms with Crippen LogP contribution in [0.4, 0.5) is 5.69 Å². The lowest BCUT2D eigenvalue weighted by molar-refractivity contribution is -0.121. The van der Waals surface area contributed by atoms with Crippen LogP contribution in [0.5, 0.6) is 0 Å². The number of aromatic nitrogens is 1. The zero-order valence-electron chi connectivity index (χ0n) is 9.28. The molecule has 0 atom stereocenters. The maximum absolute atomic E-state index is 11.9. The number of aromatic amines is 1. The lowest BCUT2D eigenvalue weighted by Crippen LogP contribution is -2.27. The van der Waals surface area contributed by atoms with Crippen molar-refractivity contribution in [3.63, 3.8) is 0 Å². The van der Waals surface area contributed by atoms with Gasteiger partial charge in [-0.2, -0.15) is 0 Å². The Balaban J connectivity index is 1.82. The summed E-state index contributed by atoms with van der Waals surface area (Å²) in [6.07, 6.45) is 7.27. The number of anilines is 1. The van der Waals surface area contributed by atoms with Gasteiger partial charge in [0.1, 0.15) is 0 Å². The smallest absolute Gasteiger partial charge is 0.227 e. The molecular weight excluding hydrogens is 204 g/mol. The number of rotatable bonds is 3. The first-order valence-electron chi connectivity index (χ1n) is 5.84. The van der Waals surface area contributed by atoms with Crippen LogP contribution < -0.4 is 5.32 Å². The third-order valence-corrected chi connectivity index (χ3v) is 3.34. The molecule has 1 fully saturated rings. The van der Waals surface area contributed by atoms with Crippen LogP contribution in [0.3, 0.4) is 0 Å². The molecule has 1 aliphatic rings. The van der Waals surface area contributed by atoms with Crippen molar-refractivity contribution in [2.45, 2.75) is 25.7 Å². The zero-order chi connectivity index (χ0) is 11.4. The predicted octanol–water partition coefficient (Wildman–Crippen LogP) is 1.75. The predicted molar refractivity (Wildman–Crippen MR) is 62.0 cm³/mol. The molecule has 0 saturated heterocycles. The van der Waals surface area contributed by atoms with Crippen molar-refractivity contribution in [2.24, 2.45) is 11.8 Å². The number of aliphatic hydroxyl groups excluding tert-OH is 1. The Labute approximate surface area is 95.1 Å². The van der Waals surface area contributed by atoms with Crippen molar-refractivity contribution in [3.05, 3.63) is 18.5 Å². The van der Waals surface area contributed by atoms with Crippen LogP contribution in [0.15, 0.2) is 18.5 Å². The van der Waals surface area contributed by atoms with Gasteiger partial charge in [-0.1, -0.05) is 0 Å². The van der Waals surface area contributed by atoms with Crippen LogP contribution in [0.25, 0.3) is 0 Å². The number of aliphatic hydroxyl groups is 1. The Morgan fingerprint density at radius 1 is 1.44 bits per heavy atom. The van der Waals surface area contributed by atoms with E-state index in [2.05, 4.69) is 10.3 Å². The highest BCUT2D eigenvalue weighted by Gasteiger charge is 2.25. The van der Waals surface area contributed by atoms with E-state index >= 15 is 0 Å². The van der Waals surface area contributed by atoms with Crippen molar-refractivity contribution in [1.29, 1.82) is 0 Å². The molecule has 0 unspecified atom stereocenters. The highest BCUT2D eigenvalue weighted by Crippen LogP contribution is 2.29. The van der Waals surface area contributed by atoms with Crippen LogP contribution in [0.1, 0.15) is 25.7 Å². The van der Waals surface area contributed by atoms with Crippen LogP contribution in [-0.4, -0.2) is 22.6 Å². The SMILES string of the molecule is O=C(Nc1cc[nH]c1)C1CCC(CO)CC1. The van der Waals surface area contributed by atoms with Gasteiger partial charge in [0.15, 0.2) is 0 Å². The molecule has 4 heteroatoms. The molecular formula is C12H18N2O2. The molecule has 3 N–H and O–H groups in total. The average Bonchev–Trinajstić information content (AvgIpc) is 2.82. The second-order valence-electron chi connectivity index (χ2n) is 4.49. The lowest BCUT2D eigenvalue weighted by atomic mass is 9.82. The monoisotopic (exact) mass is 222 g/mol. The number of H-pyrrole nitrogens is 1. The molecule has 0 aromatic carbocycles. The second kappa shape index (κ2) is 5.16. The van der Waals surface area contributed by atoms with E-state index in [0.717, 1.165) is 31.4 Å². The third-order valence-electron chi connectivity index (χ3n) is 3.34. The van der Waals surface area contributed by atoms with Crippen molar-refractivity contribution in [3.8, 4) is 0 Å². The van der Waals surface area contributed by atoms with E-state index in [1.54, 1.807) is 12.4 Å². The van der Waals surface area contributed by atoms with Gasteiger partial charge in [0, 0.05) is 24.9 Å². The number of carbonyl (C=O) groups excluding carboxylic acids is 1. The van der Waals surface area contributed by atoms with E-state index in [9.17, 15) is 4.79 Å². The Morgan fingerprint density at radius 2 is 2.19 bits per heavy atom. The highest BCUT2D eigenvalue weighted by atomic mass is 16.3. The molecule has 4 nitrogen and oxygen atoms in total. The molecule has 0 radical (unpaired) electrons. The first-order chi connectivity index (χ1) is 7.79. The molecule has 2 rings (SSSR count). The maximum Gasteiger partial charge on any atom is 0.227 e. The maximum atomic E-state index is 11.9. The molecule has 1 aromatic heterocycles. The van der Waals surface area contributed by atoms with Gasteiger partial charge in [-0.3, -0.25) is 4.79 Å². The molecule has 0 spiro atoms. The fraction of sp³-hybridized carbons (Fsp3) is 0.583. The van der Waals surface area contributed by atoms with Crippen LogP contribution in [0.2, 0.25) is 0 Å². The van der Waals surface area contributed by atoms with Gasteiger partial charge >= 0.3 is 0 Å². The minimum atomic E-state index is 0.107. The Morgan fingerprint density at radius 3 is 2.75 bits per heavy atom. The van der Waals surface area contributed by atoms with E-state index in [-0.39, 0.29) is 18.4 Å². The molecule has 1 aromatic rings. The van der Waals surface area contributed by atoms with Crippen LogP contribution >= 0.6 is 0 Å². The van der Waals surface area contributed by atoms with Crippen LogP contribution in [0, 0.1) is 11.8 Å². The second-order valence-corrected chi connectivity index (χ2v) is 4.49. The lowest BCUT2D eigenvalue weighted by Gasteiger charge is -2.26. The quantitative estimate of drug-likeness (QED) is 0.729. The van der Waals surface area contributed by atoms with Gasteiger partial charge in [-0.15, -0.1) is 0 Å². The topological polar surface area (TPSA) is 65.1 Å². The van der Waals surface area contributed by atoms with Gasteiger partial charge in [0.05, 0.1) is 5.69 Å². The Hall–Kier alpha value is -1.29. The van der Waals surface area contributed by atoms with Gasteiger partial charge in [0.25, 0.3) is 0 Å². The minimum absolute atomic E-state index is 0.107. The molecule has 88 valence electrons. The zero-order valence-corrected chi connectivity index (χ0v) is 9.28. The van der Waals surface area contributed by atoms with Gasteiger partial charge in [-0.05, 0) is 37.7 Å². The van der Waals surface area contributed by atoms with E-state index in [1.807, 2.05) is 6.07 Å². The molecule has 1 aliphatic carbocycles. The summed E-state index contributed by atoms with van der Waals surface area (Å²) in [6.45, 7) is 0.256. The summed E-state index contributed by atoms with van der Waals surface area (Å²) >= 11 is 0. The van der Waals surface area contributed by atoms with Crippen molar-refractivity contribution in [2.75, 3.05) is 11.9 Å². The fourth-order valence-corrected chi connectivity index (χ4v) is 2.25. The molecule has 0 aliphatic heterocycles. The standard InChI is InChI=1S/C12H18N2O2/c15-8-9-1-3-10(4-2-9)12(16)14-11-5-6-13-7-11/h5-7,9-10,13,15H,1-4,8H2,(H,14,16). The summed E-state index contributed by atoms with van der Waals surface area (Å²) in [6, 6.07) is 1.84. The summed E-state index contributed by atoms with van der Waals surface area (Å²) in [7, 11) is 0. The number of amides is 1. The number of carbonyl (C=O) groups is 1. The molecule has 1 amide bonds. The van der Waals surface area contributed by atoms with Crippen molar-refractivity contribution in [1.82, 2.24) is 4.98 Å². The van der Waals surface area contributed by atoms with E-state index in [4.69, 9.17) is 5.11 Å². The molecule has 0 bridgehead atoms. The first kappa shape index (κ1) is 11.2. The number of hydrogen-bond acceptors (Lipinski definition) is 2. The summed E-state index contributed by atoms with van der Waals surface area (Å²) in [5, 5.41) is 11.9. The van der Waals surface area contributed by atoms with Gasteiger partial charge in [-0.25, -0.2) is 0 Å². The van der Waals surface area contributed by atoms with E-state index < -0.39 is 0 Å². The van der Waals surface area contributed by atoms with E-state index in [1.165, 1.54) is 0 Å². The van der Waals surface area contributed by atoms with Crippen LogP contribution in [-0.2, 0) is 4.79 Å². The largest absolute Gasteiger partial charge is 0.396 e. The highest BCUT2D eigenvalue weighted by molar-refractivity contribution is 5.92. The van der Waals surface area contributed by atoms with Crippen molar-refractivity contribution >= 4 is 11.6 Å². The summed E-state index contributed by atoms with van der Waals surface area (Å²) in [5.41, 5.74) is 0.828. The fourth-order valence-electron chi connectivity index (χ4n) is 2.25. The Kier molecular flexibility index (Phi) is 3.62. The third kappa shape index (κ3) is 2.64. The number of hydrogen-bond donors (Lipinski definition) is 3. The summed E-state index contributed by atoms with van der Waals surface area (Å²) < 4.78 is 0. The summed E-state index contributed by atoms with van der Waals surface area (Å²) in [5.74, 6) is 0.616. The first-order valence-corrected chi connectivity index (χ1v) is 5.84. The molecule has 1 heterocycles. The van der Waals surface area contributed by atoms with Gasteiger partial charge < -0.3 is 15.4 Å². The normalized spacial score (nSPS) is 25.3. The van der Waals surface area contributed by atoms with Crippen molar-refractivity contribution < 1.29 is 9.90 Å². The number of nitrogens with one attached hydrogen (secondary N) is 2. The minimum Gasteiger partial charge on any atom is -0.396 e. The van der Waals surface area contributed by atoms with E-state index in [0.29, 0.717) is 5.92 Å².